The molecule has 0 bridgehead atoms. The monoisotopic (exact) mass is 337 g/mol. The van der Waals surface area contributed by atoms with Gasteiger partial charge >= 0.3 is 0 Å². The third-order valence-electron chi connectivity index (χ3n) is 3.38. The molecule has 0 heterocycles. The molecule has 2 rings (SSSR count). The molecule has 0 aliphatic rings. The lowest BCUT2D eigenvalue weighted by Gasteiger charge is -2.23. The van der Waals surface area contributed by atoms with Gasteiger partial charge in [0, 0.05) is 22.5 Å². The van der Waals surface area contributed by atoms with Gasteiger partial charge in [0.15, 0.2) is 0 Å². The summed E-state index contributed by atoms with van der Waals surface area (Å²) < 4.78 is 14.6. The number of hydrogen-bond acceptors (Lipinski definition) is 2. The Morgan fingerprint density at radius 1 is 1.25 bits per heavy atom. The molecule has 3 N–H and O–H groups in total. The smallest absolute Gasteiger partial charge is 0.129 e. The number of aliphatic hydroxyl groups is 1. The van der Waals surface area contributed by atoms with Crippen LogP contribution in [-0.4, -0.2) is 11.7 Å². The number of aliphatic hydroxyl groups excluding tert-OH is 1. The van der Waals surface area contributed by atoms with Crippen molar-refractivity contribution in [3.05, 3.63) is 69.4 Å². The Morgan fingerprint density at radius 3 is 2.65 bits per heavy atom. The van der Waals surface area contributed by atoms with Crippen LogP contribution in [0.4, 0.5) is 4.39 Å². The van der Waals surface area contributed by atoms with Crippen LogP contribution in [0.3, 0.4) is 0 Å². The number of halogens is 2. The topological polar surface area (TPSA) is 46.2 Å². The van der Waals surface area contributed by atoms with E-state index in [-0.39, 0.29) is 18.0 Å². The van der Waals surface area contributed by atoms with Gasteiger partial charge in [0.2, 0.25) is 0 Å². The van der Waals surface area contributed by atoms with E-state index in [4.69, 9.17) is 5.73 Å². The van der Waals surface area contributed by atoms with Crippen LogP contribution in [0.2, 0.25) is 0 Å². The molecular formula is C16H17BrFNO. The first-order valence-corrected chi connectivity index (χ1v) is 7.22. The van der Waals surface area contributed by atoms with Crippen molar-refractivity contribution in [2.75, 3.05) is 6.54 Å². The minimum Gasteiger partial charge on any atom is -0.388 e. The van der Waals surface area contributed by atoms with Crippen LogP contribution in [0.25, 0.3) is 0 Å². The summed E-state index contributed by atoms with van der Waals surface area (Å²) in [5, 5.41) is 10.5. The zero-order valence-electron chi connectivity index (χ0n) is 11.2. The van der Waals surface area contributed by atoms with E-state index in [2.05, 4.69) is 15.9 Å². The Morgan fingerprint density at radius 2 is 2.00 bits per heavy atom. The van der Waals surface area contributed by atoms with E-state index in [0.29, 0.717) is 0 Å². The first kappa shape index (κ1) is 15.2. The summed E-state index contributed by atoms with van der Waals surface area (Å²) in [6.45, 7) is 2.22. The van der Waals surface area contributed by atoms with E-state index < -0.39 is 11.9 Å². The maximum atomic E-state index is 13.9. The third kappa shape index (κ3) is 3.26. The maximum Gasteiger partial charge on any atom is 0.129 e. The summed E-state index contributed by atoms with van der Waals surface area (Å²) in [4.78, 5) is 0. The van der Waals surface area contributed by atoms with Gasteiger partial charge in [-0.3, -0.25) is 0 Å². The van der Waals surface area contributed by atoms with Crippen LogP contribution < -0.4 is 5.73 Å². The predicted molar refractivity (Wildman–Crippen MR) is 82.0 cm³/mol. The Labute approximate surface area is 126 Å². The highest BCUT2D eigenvalue weighted by Crippen LogP contribution is 2.33. The molecular weight excluding hydrogens is 321 g/mol. The summed E-state index contributed by atoms with van der Waals surface area (Å²) in [5.41, 5.74) is 8.05. The Kier molecular flexibility index (Phi) is 4.91. The lowest BCUT2D eigenvalue weighted by atomic mass is 9.88. The average Bonchev–Trinajstić information content (AvgIpc) is 2.42. The Bertz CT molecular complexity index is 603. The van der Waals surface area contributed by atoms with Crippen molar-refractivity contribution in [2.45, 2.75) is 18.9 Å². The number of rotatable bonds is 4. The molecule has 0 aliphatic carbocycles. The predicted octanol–water partition coefficient (Wildman–Crippen LogP) is 3.67. The molecule has 2 aromatic rings. The first-order chi connectivity index (χ1) is 9.52. The number of benzene rings is 2. The van der Waals surface area contributed by atoms with Crippen LogP contribution in [0.1, 0.15) is 28.7 Å². The quantitative estimate of drug-likeness (QED) is 0.893. The van der Waals surface area contributed by atoms with Gasteiger partial charge in [-0.2, -0.15) is 0 Å². The van der Waals surface area contributed by atoms with E-state index in [1.54, 1.807) is 12.1 Å². The van der Waals surface area contributed by atoms with Gasteiger partial charge in [-0.25, -0.2) is 4.39 Å². The molecule has 106 valence electrons. The number of hydrogen-bond donors (Lipinski definition) is 2. The highest BCUT2D eigenvalue weighted by Gasteiger charge is 2.24. The second-order valence-corrected chi connectivity index (χ2v) is 5.78. The highest BCUT2D eigenvalue weighted by atomic mass is 79.9. The Balaban J connectivity index is 2.38. The number of nitrogens with two attached hydrogens (primary N) is 1. The van der Waals surface area contributed by atoms with E-state index in [0.717, 1.165) is 15.6 Å². The van der Waals surface area contributed by atoms with E-state index in [1.165, 1.54) is 6.07 Å². The van der Waals surface area contributed by atoms with Crippen LogP contribution in [0, 0.1) is 12.7 Å². The molecule has 0 aliphatic heterocycles. The lowest BCUT2D eigenvalue weighted by Crippen LogP contribution is -2.21. The van der Waals surface area contributed by atoms with Gasteiger partial charge in [-0.1, -0.05) is 45.8 Å². The standard InChI is InChI=1S/C16H17BrFNO/c1-10-3-2-4-11(7-10)14(9-19)16(20)13-8-12(17)5-6-15(13)18/h2-8,14,16,20H,9,19H2,1H3. The van der Waals surface area contributed by atoms with Crippen molar-refractivity contribution < 1.29 is 9.50 Å². The minimum absolute atomic E-state index is 0.247. The first-order valence-electron chi connectivity index (χ1n) is 6.42. The lowest BCUT2D eigenvalue weighted by molar-refractivity contribution is 0.143. The summed E-state index contributed by atoms with van der Waals surface area (Å²) in [7, 11) is 0. The minimum atomic E-state index is -0.973. The molecule has 0 saturated carbocycles. The number of aryl methyl sites for hydroxylation is 1. The van der Waals surface area contributed by atoms with Gasteiger partial charge in [-0.15, -0.1) is 0 Å². The fraction of sp³-hybridized carbons (Fsp3) is 0.250. The van der Waals surface area contributed by atoms with E-state index in [1.807, 2.05) is 31.2 Å². The van der Waals surface area contributed by atoms with Crippen molar-refractivity contribution in [1.82, 2.24) is 0 Å². The fourth-order valence-electron chi connectivity index (χ4n) is 2.31. The molecule has 0 spiro atoms. The normalized spacial score (nSPS) is 14.1. The van der Waals surface area contributed by atoms with Gasteiger partial charge in [0.25, 0.3) is 0 Å². The molecule has 4 heteroatoms. The molecule has 0 amide bonds. The summed E-state index contributed by atoms with van der Waals surface area (Å²) in [6.07, 6.45) is -0.973. The second-order valence-electron chi connectivity index (χ2n) is 4.87. The summed E-state index contributed by atoms with van der Waals surface area (Å²) in [5.74, 6) is -0.759. The average molecular weight is 338 g/mol. The van der Waals surface area contributed by atoms with Gasteiger partial charge in [-0.05, 0) is 30.7 Å². The molecule has 2 unspecified atom stereocenters. The molecule has 20 heavy (non-hydrogen) atoms. The van der Waals surface area contributed by atoms with E-state index in [9.17, 15) is 9.50 Å². The van der Waals surface area contributed by atoms with Gasteiger partial charge in [0.1, 0.15) is 5.82 Å². The maximum absolute atomic E-state index is 13.9. The molecule has 2 nitrogen and oxygen atoms in total. The SMILES string of the molecule is Cc1cccc(C(CN)C(O)c2cc(Br)ccc2F)c1. The van der Waals surface area contributed by atoms with Crippen molar-refractivity contribution in [1.29, 1.82) is 0 Å². The largest absolute Gasteiger partial charge is 0.388 e. The molecule has 2 atom stereocenters. The third-order valence-corrected chi connectivity index (χ3v) is 3.88. The van der Waals surface area contributed by atoms with Crippen LogP contribution >= 0.6 is 15.9 Å². The van der Waals surface area contributed by atoms with Gasteiger partial charge in [0.05, 0.1) is 6.10 Å². The van der Waals surface area contributed by atoms with Crippen molar-refractivity contribution in [2.24, 2.45) is 5.73 Å². The van der Waals surface area contributed by atoms with Crippen molar-refractivity contribution in [3.8, 4) is 0 Å². The molecule has 2 aromatic carbocycles. The fourth-order valence-corrected chi connectivity index (χ4v) is 2.68. The van der Waals surface area contributed by atoms with Crippen molar-refractivity contribution >= 4 is 15.9 Å². The Hall–Kier alpha value is -1.23. The van der Waals surface area contributed by atoms with Crippen LogP contribution in [0.15, 0.2) is 46.9 Å². The molecule has 0 fully saturated rings. The van der Waals surface area contributed by atoms with Crippen LogP contribution in [-0.2, 0) is 0 Å². The zero-order valence-corrected chi connectivity index (χ0v) is 12.8. The molecule has 0 radical (unpaired) electrons. The molecule has 0 aromatic heterocycles. The summed E-state index contributed by atoms with van der Waals surface area (Å²) in [6, 6.07) is 12.3. The van der Waals surface area contributed by atoms with Crippen LogP contribution in [0.5, 0.6) is 0 Å². The molecule has 0 saturated heterocycles. The van der Waals surface area contributed by atoms with Gasteiger partial charge < -0.3 is 10.8 Å². The highest BCUT2D eigenvalue weighted by molar-refractivity contribution is 9.10. The summed E-state index contributed by atoms with van der Waals surface area (Å²) >= 11 is 3.29. The van der Waals surface area contributed by atoms with Crippen molar-refractivity contribution in [3.63, 3.8) is 0 Å². The zero-order chi connectivity index (χ0) is 14.7. The second kappa shape index (κ2) is 6.48. The van der Waals surface area contributed by atoms with E-state index >= 15 is 0 Å².